The molecule has 3 rings (SSSR count). The van der Waals surface area contributed by atoms with Gasteiger partial charge in [-0.15, -0.1) is 17.9 Å². The van der Waals surface area contributed by atoms with Crippen LogP contribution in [0.25, 0.3) is 10.6 Å². The van der Waals surface area contributed by atoms with Gasteiger partial charge in [0, 0.05) is 43.7 Å². The highest BCUT2D eigenvalue weighted by atomic mass is 32.1. The molecular weight excluding hydrogens is 388 g/mol. The number of nitrogens with one attached hydrogen (secondary N) is 1. The third-order valence-corrected chi connectivity index (χ3v) is 5.50. The predicted molar refractivity (Wildman–Crippen MR) is 114 cm³/mol. The minimum absolute atomic E-state index is 0.0239. The number of aromatic nitrogens is 1. The van der Waals surface area contributed by atoms with Gasteiger partial charge in [-0.25, -0.2) is 4.98 Å². The number of benzene rings is 1. The molecule has 0 saturated carbocycles. The molecule has 0 atom stereocenters. The van der Waals surface area contributed by atoms with Crippen molar-refractivity contribution in [2.24, 2.45) is 0 Å². The van der Waals surface area contributed by atoms with Gasteiger partial charge in [-0.1, -0.05) is 6.08 Å². The Balaban J connectivity index is 1.54. The van der Waals surface area contributed by atoms with E-state index in [4.69, 9.17) is 4.74 Å². The van der Waals surface area contributed by atoms with Crippen LogP contribution in [0.4, 0.5) is 0 Å². The summed E-state index contributed by atoms with van der Waals surface area (Å²) in [7, 11) is 0. The SMILES string of the molecule is C=CCNC(=O)CN1CCN(C(=O)c2csc(-c3ccc(OCC)cc3)n2)CC1. The third-order valence-electron chi connectivity index (χ3n) is 4.61. The fourth-order valence-corrected chi connectivity index (χ4v) is 3.88. The van der Waals surface area contributed by atoms with Gasteiger partial charge < -0.3 is 15.0 Å². The monoisotopic (exact) mass is 414 g/mol. The molecule has 8 heteroatoms. The molecule has 154 valence electrons. The zero-order chi connectivity index (χ0) is 20.6. The summed E-state index contributed by atoms with van der Waals surface area (Å²) in [5.41, 5.74) is 1.43. The van der Waals surface area contributed by atoms with E-state index in [1.165, 1.54) is 11.3 Å². The first-order chi connectivity index (χ1) is 14.1. The van der Waals surface area contributed by atoms with Crippen LogP contribution in [-0.2, 0) is 4.79 Å². The van der Waals surface area contributed by atoms with Crippen molar-refractivity contribution in [3.05, 3.63) is 48.0 Å². The standard InChI is InChI=1S/C21H26N4O3S/c1-3-9-22-19(26)14-24-10-12-25(13-11-24)21(27)18-15-29-20(23-18)16-5-7-17(8-6-16)28-4-2/h3,5-8,15H,1,4,9-14H2,2H3,(H,22,26). The van der Waals surface area contributed by atoms with Crippen molar-refractivity contribution in [2.75, 3.05) is 45.9 Å². The molecule has 2 aromatic rings. The second kappa shape index (κ2) is 10.2. The van der Waals surface area contributed by atoms with Crippen LogP contribution < -0.4 is 10.1 Å². The summed E-state index contributed by atoms with van der Waals surface area (Å²) in [5, 5.41) is 5.40. The summed E-state index contributed by atoms with van der Waals surface area (Å²) in [6, 6.07) is 7.72. The second-order valence-electron chi connectivity index (χ2n) is 6.66. The van der Waals surface area contributed by atoms with E-state index in [1.54, 1.807) is 11.0 Å². The highest BCUT2D eigenvalue weighted by molar-refractivity contribution is 7.13. The minimum atomic E-state index is -0.0609. The molecule has 1 aromatic carbocycles. The molecule has 1 aliphatic rings. The van der Waals surface area contributed by atoms with E-state index in [-0.39, 0.29) is 11.8 Å². The number of carbonyl (C=O) groups is 2. The van der Waals surface area contributed by atoms with Crippen LogP contribution in [-0.4, -0.2) is 72.5 Å². The summed E-state index contributed by atoms with van der Waals surface area (Å²) >= 11 is 1.46. The Bertz CT molecular complexity index is 842. The molecule has 1 aliphatic heterocycles. The maximum Gasteiger partial charge on any atom is 0.273 e. The molecule has 1 N–H and O–H groups in total. The molecule has 1 aromatic heterocycles. The Morgan fingerprint density at radius 1 is 1.24 bits per heavy atom. The van der Waals surface area contributed by atoms with Crippen molar-refractivity contribution in [3.8, 4) is 16.3 Å². The van der Waals surface area contributed by atoms with Crippen molar-refractivity contribution in [1.29, 1.82) is 0 Å². The Labute approximate surface area is 175 Å². The summed E-state index contributed by atoms with van der Waals surface area (Å²) in [4.78, 5) is 33.0. The van der Waals surface area contributed by atoms with Crippen molar-refractivity contribution in [3.63, 3.8) is 0 Å². The van der Waals surface area contributed by atoms with Gasteiger partial charge in [0.2, 0.25) is 5.91 Å². The molecule has 2 heterocycles. The van der Waals surface area contributed by atoms with Gasteiger partial charge in [0.15, 0.2) is 0 Å². The Morgan fingerprint density at radius 3 is 2.62 bits per heavy atom. The molecule has 1 saturated heterocycles. The Hall–Kier alpha value is -2.71. The number of piperazine rings is 1. The van der Waals surface area contributed by atoms with E-state index >= 15 is 0 Å². The molecule has 2 amide bonds. The molecule has 0 aliphatic carbocycles. The molecule has 7 nitrogen and oxygen atoms in total. The lowest BCUT2D eigenvalue weighted by molar-refractivity contribution is -0.122. The van der Waals surface area contributed by atoms with Crippen LogP contribution in [0, 0.1) is 0 Å². The van der Waals surface area contributed by atoms with Crippen LogP contribution in [0.15, 0.2) is 42.3 Å². The summed E-state index contributed by atoms with van der Waals surface area (Å²) in [6.45, 7) is 9.49. The summed E-state index contributed by atoms with van der Waals surface area (Å²) in [5.74, 6) is 0.735. The molecule has 0 radical (unpaired) electrons. The first kappa shape index (κ1) is 21.0. The lowest BCUT2D eigenvalue weighted by atomic mass is 10.2. The van der Waals surface area contributed by atoms with Crippen LogP contribution in [0.2, 0.25) is 0 Å². The van der Waals surface area contributed by atoms with Crippen LogP contribution in [0.1, 0.15) is 17.4 Å². The molecule has 0 spiro atoms. The molecule has 1 fully saturated rings. The normalized spacial score (nSPS) is 14.4. The van der Waals surface area contributed by atoms with Gasteiger partial charge in [0.05, 0.1) is 13.2 Å². The van der Waals surface area contributed by atoms with Crippen molar-refractivity contribution in [2.45, 2.75) is 6.92 Å². The predicted octanol–water partition coefficient (Wildman–Crippen LogP) is 2.27. The molecule has 29 heavy (non-hydrogen) atoms. The van der Waals surface area contributed by atoms with Crippen LogP contribution in [0.5, 0.6) is 5.75 Å². The lowest BCUT2D eigenvalue weighted by Crippen LogP contribution is -2.51. The van der Waals surface area contributed by atoms with Gasteiger partial charge in [-0.2, -0.15) is 0 Å². The second-order valence-corrected chi connectivity index (χ2v) is 7.51. The fourth-order valence-electron chi connectivity index (χ4n) is 3.08. The number of hydrogen-bond donors (Lipinski definition) is 1. The smallest absolute Gasteiger partial charge is 0.273 e. The quantitative estimate of drug-likeness (QED) is 0.671. The molecular formula is C21H26N4O3S. The van der Waals surface area contributed by atoms with E-state index in [9.17, 15) is 9.59 Å². The van der Waals surface area contributed by atoms with Gasteiger partial charge in [0.1, 0.15) is 16.5 Å². The average Bonchev–Trinajstić information content (AvgIpc) is 3.23. The minimum Gasteiger partial charge on any atom is -0.494 e. The number of amides is 2. The molecule has 0 unspecified atom stereocenters. The maximum absolute atomic E-state index is 12.8. The lowest BCUT2D eigenvalue weighted by Gasteiger charge is -2.33. The zero-order valence-electron chi connectivity index (χ0n) is 16.6. The third kappa shape index (κ3) is 5.65. The van der Waals surface area contributed by atoms with Gasteiger partial charge in [0.25, 0.3) is 5.91 Å². The maximum atomic E-state index is 12.8. The number of ether oxygens (including phenoxy) is 1. The van der Waals surface area contributed by atoms with Crippen molar-refractivity contribution in [1.82, 2.24) is 20.1 Å². The van der Waals surface area contributed by atoms with E-state index in [0.717, 1.165) is 16.3 Å². The zero-order valence-corrected chi connectivity index (χ0v) is 17.4. The largest absolute Gasteiger partial charge is 0.494 e. The number of thiazole rings is 1. The van der Waals surface area contributed by atoms with Crippen molar-refractivity contribution < 1.29 is 14.3 Å². The van der Waals surface area contributed by atoms with E-state index in [1.807, 2.05) is 36.6 Å². The Morgan fingerprint density at radius 2 is 1.97 bits per heavy atom. The fraction of sp³-hybridized carbons (Fsp3) is 0.381. The van der Waals surface area contributed by atoms with E-state index < -0.39 is 0 Å². The van der Waals surface area contributed by atoms with Crippen LogP contribution in [0.3, 0.4) is 0 Å². The number of carbonyl (C=O) groups excluding carboxylic acids is 2. The average molecular weight is 415 g/mol. The van der Waals surface area contributed by atoms with Crippen LogP contribution >= 0.6 is 11.3 Å². The number of nitrogens with zero attached hydrogens (tertiary/aromatic N) is 3. The first-order valence-corrected chi connectivity index (χ1v) is 10.6. The highest BCUT2D eigenvalue weighted by Gasteiger charge is 2.24. The first-order valence-electron chi connectivity index (χ1n) is 9.68. The summed E-state index contributed by atoms with van der Waals surface area (Å²) < 4.78 is 5.46. The number of rotatable bonds is 8. The van der Waals surface area contributed by atoms with E-state index in [2.05, 4.69) is 21.8 Å². The van der Waals surface area contributed by atoms with Gasteiger partial charge >= 0.3 is 0 Å². The van der Waals surface area contributed by atoms with Gasteiger partial charge in [-0.3, -0.25) is 14.5 Å². The topological polar surface area (TPSA) is 74.8 Å². The molecule has 0 bridgehead atoms. The highest BCUT2D eigenvalue weighted by Crippen LogP contribution is 2.26. The van der Waals surface area contributed by atoms with Crippen molar-refractivity contribution >= 4 is 23.2 Å². The van der Waals surface area contributed by atoms with Gasteiger partial charge in [-0.05, 0) is 31.2 Å². The summed E-state index contributed by atoms with van der Waals surface area (Å²) in [6.07, 6.45) is 1.66. The van der Waals surface area contributed by atoms with E-state index in [0.29, 0.717) is 51.6 Å². The Kier molecular flexibility index (Phi) is 7.37. The number of hydrogen-bond acceptors (Lipinski definition) is 6.